The van der Waals surface area contributed by atoms with E-state index in [0.717, 1.165) is 27.6 Å². The molecule has 7 heteroatoms. The molecule has 0 bridgehead atoms. The molecule has 25 heavy (non-hydrogen) atoms. The maximum atomic E-state index is 12.2. The van der Waals surface area contributed by atoms with Crippen LogP contribution in [-0.4, -0.2) is 39.2 Å². The normalized spacial score (nSPS) is 20.0. The maximum Gasteiger partial charge on any atom is 0.410 e. The lowest BCUT2D eigenvalue weighted by molar-refractivity contribution is 0.00809. The van der Waals surface area contributed by atoms with Crippen molar-refractivity contribution in [2.24, 2.45) is 0 Å². The minimum absolute atomic E-state index is 0.144. The molecular weight excluding hydrogens is 431 g/mol. The zero-order valence-corrected chi connectivity index (χ0v) is 16.9. The van der Waals surface area contributed by atoms with Gasteiger partial charge in [-0.25, -0.2) is 9.78 Å². The summed E-state index contributed by atoms with van der Waals surface area (Å²) in [7, 11) is 1.78. The summed E-state index contributed by atoms with van der Waals surface area (Å²) in [5, 5.41) is 10.2. The van der Waals surface area contributed by atoms with E-state index in [0.29, 0.717) is 5.56 Å². The van der Waals surface area contributed by atoms with E-state index in [-0.39, 0.29) is 18.2 Å². The summed E-state index contributed by atoms with van der Waals surface area (Å²) in [5.74, 6) is 0. The van der Waals surface area contributed by atoms with E-state index in [4.69, 9.17) is 4.74 Å². The summed E-state index contributed by atoms with van der Waals surface area (Å²) in [5.41, 5.74) is 0.989. The van der Waals surface area contributed by atoms with Crippen LogP contribution in [0.1, 0.15) is 45.2 Å². The van der Waals surface area contributed by atoms with Crippen LogP contribution in [0.5, 0.6) is 0 Å². The number of amides is 1. The van der Waals surface area contributed by atoms with E-state index >= 15 is 0 Å². The van der Waals surface area contributed by atoms with Crippen LogP contribution >= 0.6 is 22.6 Å². The first-order valence-corrected chi connectivity index (χ1v) is 9.30. The Kier molecular flexibility index (Phi) is 4.66. The molecule has 1 amide bonds. The Morgan fingerprint density at radius 1 is 1.44 bits per heavy atom. The van der Waals surface area contributed by atoms with Gasteiger partial charge in [0.25, 0.3) is 0 Å². The topological polar surface area (TPSA) is 71.2 Å². The monoisotopic (exact) mass is 452 g/mol. The lowest BCUT2D eigenvalue weighted by Crippen LogP contribution is -2.47. The molecule has 2 aromatic rings. The summed E-state index contributed by atoms with van der Waals surface area (Å²) in [6.07, 6.45) is 3.25. The average molecular weight is 452 g/mol. The Morgan fingerprint density at radius 2 is 2.12 bits per heavy atom. The molecule has 1 aliphatic rings. The van der Waals surface area contributed by atoms with Gasteiger partial charge in [0.05, 0.1) is 5.56 Å². The SMILES string of the molecule is CN(C(=O)OC(C)(C)C)[C@H]1C[C@H](n2cc(C#N)c3ccc(I)nc32)C1. The van der Waals surface area contributed by atoms with Gasteiger partial charge < -0.3 is 14.2 Å². The Hall–Kier alpha value is -1.82. The highest BCUT2D eigenvalue weighted by atomic mass is 127. The number of aromatic nitrogens is 2. The van der Waals surface area contributed by atoms with Crippen molar-refractivity contribution in [1.82, 2.24) is 14.5 Å². The molecule has 0 N–H and O–H groups in total. The Bertz CT molecular complexity index is 856. The fraction of sp³-hybridized carbons (Fsp3) is 0.500. The number of nitrogens with zero attached hydrogens (tertiary/aromatic N) is 4. The van der Waals surface area contributed by atoms with E-state index in [9.17, 15) is 10.1 Å². The van der Waals surface area contributed by atoms with Gasteiger partial charge in [-0.15, -0.1) is 0 Å². The molecule has 0 radical (unpaired) electrons. The van der Waals surface area contributed by atoms with E-state index in [1.807, 2.05) is 39.1 Å². The van der Waals surface area contributed by atoms with Crippen molar-refractivity contribution in [2.45, 2.75) is 51.3 Å². The number of halogens is 1. The van der Waals surface area contributed by atoms with Crippen LogP contribution in [-0.2, 0) is 4.74 Å². The van der Waals surface area contributed by atoms with Crippen molar-refractivity contribution in [2.75, 3.05) is 7.05 Å². The third-order valence-corrected chi connectivity index (χ3v) is 5.08. The third-order valence-electron chi connectivity index (χ3n) is 4.48. The van der Waals surface area contributed by atoms with Crippen molar-refractivity contribution in [3.05, 3.63) is 27.6 Å². The summed E-state index contributed by atoms with van der Waals surface area (Å²) in [6.45, 7) is 5.60. The van der Waals surface area contributed by atoms with Gasteiger partial charge in [0.15, 0.2) is 0 Å². The predicted molar refractivity (Wildman–Crippen MR) is 103 cm³/mol. The number of nitriles is 1. The molecule has 1 fully saturated rings. The minimum atomic E-state index is -0.493. The number of hydrogen-bond donors (Lipinski definition) is 0. The van der Waals surface area contributed by atoms with Crippen LogP contribution in [0.25, 0.3) is 11.0 Å². The number of fused-ring (bicyclic) bond motifs is 1. The van der Waals surface area contributed by atoms with Gasteiger partial charge in [0, 0.05) is 30.7 Å². The Labute approximate surface area is 160 Å². The maximum absolute atomic E-state index is 12.2. The van der Waals surface area contributed by atoms with Crippen LogP contribution in [0, 0.1) is 15.0 Å². The second kappa shape index (κ2) is 6.48. The number of carbonyl (C=O) groups is 1. The van der Waals surface area contributed by atoms with Gasteiger partial charge in [-0.05, 0) is 68.3 Å². The molecule has 0 spiro atoms. The second-order valence-electron chi connectivity index (χ2n) is 7.44. The molecule has 132 valence electrons. The molecule has 0 unspecified atom stereocenters. The van der Waals surface area contributed by atoms with Gasteiger partial charge in [0.2, 0.25) is 0 Å². The molecule has 0 aromatic carbocycles. The first-order valence-electron chi connectivity index (χ1n) is 8.22. The molecule has 1 aliphatic carbocycles. The van der Waals surface area contributed by atoms with Crippen LogP contribution < -0.4 is 0 Å². The number of rotatable bonds is 2. The van der Waals surface area contributed by atoms with Gasteiger partial charge in [-0.2, -0.15) is 5.26 Å². The summed E-state index contributed by atoms with van der Waals surface area (Å²) in [6, 6.07) is 6.49. The zero-order valence-electron chi connectivity index (χ0n) is 14.8. The molecule has 1 saturated carbocycles. The van der Waals surface area contributed by atoms with Crippen LogP contribution in [0.15, 0.2) is 18.3 Å². The fourth-order valence-electron chi connectivity index (χ4n) is 3.05. The van der Waals surface area contributed by atoms with Crippen LogP contribution in [0.3, 0.4) is 0 Å². The van der Waals surface area contributed by atoms with E-state index in [1.54, 1.807) is 11.9 Å². The van der Waals surface area contributed by atoms with Gasteiger partial charge in [0.1, 0.15) is 21.0 Å². The van der Waals surface area contributed by atoms with Gasteiger partial charge >= 0.3 is 6.09 Å². The highest BCUT2D eigenvalue weighted by Gasteiger charge is 2.37. The Balaban J connectivity index is 1.75. The minimum Gasteiger partial charge on any atom is -0.444 e. The van der Waals surface area contributed by atoms with Crippen LogP contribution in [0.2, 0.25) is 0 Å². The lowest BCUT2D eigenvalue weighted by atomic mass is 9.85. The number of ether oxygens (including phenoxy) is 1. The van der Waals surface area contributed by atoms with Crippen molar-refractivity contribution in [3.63, 3.8) is 0 Å². The molecule has 3 rings (SSSR count). The molecule has 0 atom stereocenters. The predicted octanol–water partition coefficient (Wildman–Crippen LogP) is 4.08. The highest BCUT2D eigenvalue weighted by Crippen LogP contribution is 2.38. The number of pyridine rings is 1. The molecule has 2 heterocycles. The van der Waals surface area contributed by atoms with E-state index in [2.05, 4.69) is 38.2 Å². The van der Waals surface area contributed by atoms with E-state index in [1.165, 1.54) is 0 Å². The molecule has 0 saturated heterocycles. The summed E-state index contributed by atoms with van der Waals surface area (Å²) in [4.78, 5) is 18.5. The fourth-order valence-corrected chi connectivity index (χ4v) is 3.46. The average Bonchev–Trinajstić information content (AvgIpc) is 2.81. The number of carbonyl (C=O) groups excluding carboxylic acids is 1. The van der Waals surface area contributed by atoms with Gasteiger partial charge in [-0.1, -0.05) is 0 Å². The lowest BCUT2D eigenvalue weighted by Gasteiger charge is -2.42. The quantitative estimate of drug-likeness (QED) is 0.509. The molecule has 0 aliphatic heterocycles. The standard InChI is InChI=1S/C18H21IN4O2/c1-18(2,3)25-17(24)22(4)12-7-13(8-12)23-10-11(9-20)14-5-6-15(19)21-16(14)23/h5-6,10,12-13H,7-8H2,1-4H3/t12-,13-. The van der Waals surface area contributed by atoms with Crippen molar-refractivity contribution in [1.29, 1.82) is 5.26 Å². The van der Waals surface area contributed by atoms with Crippen molar-refractivity contribution < 1.29 is 9.53 Å². The molecule has 2 aromatic heterocycles. The highest BCUT2D eigenvalue weighted by molar-refractivity contribution is 14.1. The number of hydrogen-bond acceptors (Lipinski definition) is 4. The third kappa shape index (κ3) is 3.59. The first kappa shape index (κ1) is 18.0. The van der Waals surface area contributed by atoms with Crippen LogP contribution in [0.4, 0.5) is 4.79 Å². The largest absolute Gasteiger partial charge is 0.444 e. The van der Waals surface area contributed by atoms with Crippen molar-refractivity contribution in [3.8, 4) is 6.07 Å². The van der Waals surface area contributed by atoms with Crippen molar-refractivity contribution >= 4 is 39.7 Å². The summed E-state index contributed by atoms with van der Waals surface area (Å²) >= 11 is 2.18. The molecular formula is C18H21IN4O2. The van der Waals surface area contributed by atoms with E-state index < -0.39 is 5.60 Å². The first-order chi connectivity index (χ1) is 11.7. The Morgan fingerprint density at radius 3 is 2.72 bits per heavy atom. The smallest absolute Gasteiger partial charge is 0.410 e. The second-order valence-corrected chi connectivity index (χ2v) is 8.54. The van der Waals surface area contributed by atoms with Gasteiger partial charge in [-0.3, -0.25) is 0 Å². The zero-order chi connectivity index (χ0) is 18.4. The molecule has 6 nitrogen and oxygen atoms in total. The summed E-state index contributed by atoms with van der Waals surface area (Å²) < 4.78 is 8.41.